The van der Waals surface area contributed by atoms with Crippen LogP contribution in [0.4, 0.5) is 0 Å². The quantitative estimate of drug-likeness (QED) is 0.613. The first-order valence-electron chi connectivity index (χ1n) is 9.16. The minimum absolute atomic E-state index is 0.0777. The van der Waals surface area contributed by atoms with Crippen molar-refractivity contribution in [2.75, 3.05) is 25.9 Å². The molecule has 1 aromatic carbocycles. The van der Waals surface area contributed by atoms with Gasteiger partial charge in [0.2, 0.25) is 0 Å². The summed E-state index contributed by atoms with van der Waals surface area (Å²) < 4.78 is 0. The highest BCUT2D eigenvalue weighted by molar-refractivity contribution is 7.98. The molecule has 0 spiro atoms. The number of hydrogen-bond acceptors (Lipinski definition) is 5. The van der Waals surface area contributed by atoms with Crippen molar-refractivity contribution in [1.82, 2.24) is 19.8 Å². The van der Waals surface area contributed by atoms with Gasteiger partial charge in [-0.1, -0.05) is 42.1 Å². The molecule has 4 heterocycles. The maximum atomic E-state index is 13.0. The smallest absolute Gasteiger partial charge is 0.257 e. The Hall–Kier alpha value is -1.92. The van der Waals surface area contributed by atoms with Gasteiger partial charge in [0, 0.05) is 44.6 Å². The minimum atomic E-state index is 0.0777. The Morgan fingerprint density at radius 1 is 1.12 bits per heavy atom. The highest BCUT2D eigenvalue weighted by atomic mass is 32.2. The number of nitrogens with zero attached hydrogens (tertiary/aromatic N) is 4. The summed E-state index contributed by atoms with van der Waals surface area (Å²) >= 11 is 1.49. The molecule has 2 atom stereocenters. The summed E-state index contributed by atoms with van der Waals surface area (Å²) in [6, 6.07) is 10.9. The van der Waals surface area contributed by atoms with Crippen LogP contribution >= 0.6 is 11.8 Å². The average molecular weight is 369 g/mol. The van der Waals surface area contributed by atoms with E-state index in [1.807, 2.05) is 6.26 Å². The molecule has 5 nitrogen and oxygen atoms in total. The van der Waals surface area contributed by atoms with Crippen LogP contribution in [0.25, 0.3) is 0 Å². The fourth-order valence-electron chi connectivity index (χ4n) is 4.10. The first kappa shape index (κ1) is 17.5. The molecule has 3 aliphatic heterocycles. The van der Waals surface area contributed by atoms with Crippen LogP contribution in [0.3, 0.4) is 0 Å². The molecule has 5 rings (SSSR count). The molecule has 3 aliphatic rings. The van der Waals surface area contributed by atoms with Gasteiger partial charge in [0.05, 0.1) is 5.56 Å². The van der Waals surface area contributed by atoms with Crippen LogP contribution in [0.5, 0.6) is 0 Å². The Kier molecular flexibility index (Phi) is 5.22. The first-order valence-corrected chi connectivity index (χ1v) is 10.4. The van der Waals surface area contributed by atoms with Gasteiger partial charge in [-0.15, -0.1) is 0 Å². The molecule has 0 aliphatic carbocycles. The topological polar surface area (TPSA) is 49.3 Å². The number of carbonyl (C=O) groups is 1. The van der Waals surface area contributed by atoms with Gasteiger partial charge in [-0.3, -0.25) is 9.69 Å². The van der Waals surface area contributed by atoms with Crippen molar-refractivity contribution in [2.45, 2.75) is 30.6 Å². The number of piperidine rings is 1. The lowest BCUT2D eigenvalue weighted by atomic mass is 9.94. The van der Waals surface area contributed by atoms with Crippen molar-refractivity contribution >= 4 is 17.7 Å². The Balaban J connectivity index is 1.48. The number of carbonyl (C=O) groups excluding carboxylic acids is 1. The molecule has 3 fully saturated rings. The Bertz CT molecular complexity index is 752. The largest absolute Gasteiger partial charge is 0.334 e. The summed E-state index contributed by atoms with van der Waals surface area (Å²) in [5.41, 5.74) is 1.94. The predicted octanol–water partition coefficient (Wildman–Crippen LogP) is 2.94. The molecule has 3 saturated heterocycles. The summed E-state index contributed by atoms with van der Waals surface area (Å²) in [5, 5.41) is 0.702. The predicted molar refractivity (Wildman–Crippen MR) is 103 cm³/mol. The normalized spacial score (nSPS) is 23.0. The minimum Gasteiger partial charge on any atom is -0.334 e. The van der Waals surface area contributed by atoms with Crippen molar-refractivity contribution in [2.24, 2.45) is 5.92 Å². The second kappa shape index (κ2) is 7.76. The van der Waals surface area contributed by atoms with E-state index in [0.717, 1.165) is 32.6 Å². The number of hydrogen-bond donors (Lipinski definition) is 0. The summed E-state index contributed by atoms with van der Waals surface area (Å²) in [5.74, 6) is 0.627. The molecule has 0 saturated carbocycles. The molecule has 6 heteroatoms. The van der Waals surface area contributed by atoms with Crippen LogP contribution in [0.1, 0.15) is 28.8 Å². The molecule has 1 aromatic heterocycles. The molecule has 136 valence electrons. The van der Waals surface area contributed by atoms with Gasteiger partial charge < -0.3 is 4.90 Å². The monoisotopic (exact) mass is 368 g/mol. The SMILES string of the molecule is CSc1ncc(C(=O)N2C[C@H]3CC[C@@H]2CN(Cc2ccccc2)C3)cn1. The van der Waals surface area contributed by atoms with E-state index >= 15 is 0 Å². The first-order chi connectivity index (χ1) is 12.7. The lowest BCUT2D eigenvalue weighted by molar-refractivity contribution is 0.0584. The highest BCUT2D eigenvalue weighted by Crippen LogP contribution is 2.30. The summed E-state index contributed by atoms with van der Waals surface area (Å²) in [6.07, 6.45) is 7.57. The van der Waals surface area contributed by atoms with Crippen molar-refractivity contribution < 1.29 is 4.79 Å². The lowest BCUT2D eigenvalue weighted by Crippen LogP contribution is -2.47. The average Bonchev–Trinajstić information content (AvgIpc) is 2.99. The van der Waals surface area contributed by atoms with Crippen molar-refractivity contribution in [3.63, 3.8) is 0 Å². The molecule has 2 aromatic rings. The Labute approximate surface area is 158 Å². The number of aromatic nitrogens is 2. The van der Waals surface area contributed by atoms with Crippen LogP contribution in [-0.2, 0) is 6.54 Å². The van der Waals surface area contributed by atoms with Gasteiger partial charge >= 0.3 is 0 Å². The Morgan fingerprint density at radius 3 is 2.62 bits per heavy atom. The summed E-state index contributed by atoms with van der Waals surface area (Å²) in [7, 11) is 0. The maximum absolute atomic E-state index is 13.0. The molecule has 0 unspecified atom stereocenters. The van der Waals surface area contributed by atoms with Gasteiger partial charge in [0.25, 0.3) is 5.91 Å². The van der Waals surface area contributed by atoms with Crippen molar-refractivity contribution in [3.05, 3.63) is 53.9 Å². The van der Waals surface area contributed by atoms with Gasteiger partial charge in [0.1, 0.15) is 0 Å². The van der Waals surface area contributed by atoms with E-state index in [1.54, 1.807) is 12.4 Å². The van der Waals surface area contributed by atoms with E-state index in [4.69, 9.17) is 0 Å². The number of benzene rings is 1. The molecule has 0 radical (unpaired) electrons. The third kappa shape index (κ3) is 3.76. The number of amides is 1. The molecular weight excluding hydrogens is 344 g/mol. The van der Waals surface area contributed by atoms with Crippen LogP contribution in [0.2, 0.25) is 0 Å². The molecule has 26 heavy (non-hydrogen) atoms. The lowest BCUT2D eigenvalue weighted by Gasteiger charge is -2.36. The van der Waals surface area contributed by atoms with E-state index in [9.17, 15) is 4.79 Å². The Morgan fingerprint density at radius 2 is 1.88 bits per heavy atom. The summed E-state index contributed by atoms with van der Waals surface area (Å²) in [6.45, 7) is 3.82. The molecular formula is C20H24N4OS. The molecule has 1 amide bonds. The molecule has 2 bridgehead atoms. The second-order valence-electron chi connectivity index (χ2n) is 7.19. The fourth-order valence-corrected chi connectivity index (χ4v) is 4.41. The van der Waals surface area contributed by atoms with Crippen LogP contribution in [0, 0.1) is 5.92 Å². The van der Waals surface area contributed by atoms with Crippen LogP contribution < -0.4 is 0 Å². The van der Waals surface area contributed by atoms with E-state index in [2.05, 4.69) is 50.1 Å². The maximum Gasteiger partial charge on any atom is 0.257 e. The fraction of sp³-hybridized carbons (Fsp3) is 0.450. The zero-order valence-corrected chi connectivity index (χ0v) is 15.9. The summed E-state index contributed by atoms with van der Waals surface area (Å²) in [4.78, 5) is 26.1. The van der Waals surface area contributed by atoms with Crippen LogP contribution in [0.15, 0.2) is 47.9 Å². The third-order valence-electron chi connectivity index (χ3n) is 5.36. The van der Waals surface area contributed by atoms with Crippen molar-refractivity contribution in [1.29, 1.82) is 0 Å². The van der Waals surface area contributed by atoms with Gasteiger partial charge in [-0.05, 0) is 30.6 Å². The van der Waals surface area contributed by atoms with E-state index in [0.29, 0.717) is 16.6 Å². The second-order valence-corrected chi connectivity index (χ2v) is 7.97. The van der Waals surface area contributed by atoms with Gasteiger partial charge in [-0.25, -0.2) is 9.97 Å². The van der Waals surface area contributed by atoms with Gasteiger partial charge in [0.15, 0.2) is 5.16 Å². The molecule has 0 N–H and O–H groups in total. The van der Waals surface area contributed by atoms with Crippen LogP contribution in [-0.4, -0.2) is 57.6 Å². The number of thioether (sulfide) groups is 1. The van der Waals surface area contributed by atoms with Gasteiger partial charge in [-0.2, -0.15) is 0 Å². The zero-order chi connectivity index (χ0) is 17.9. The van der Waals surface area contributed by atoms with E-state index < -0.39 is 0 Å². The zero-order valence-electron chi connectivity index (χ0n) is 15.0. The number of fused-ring (bicyclic) bond motifs is 4. The van der Waals surface area contributed by atoms with E-state index in [1.165, 1.54) is 23.7 Å². The standard InChI is InChI=1S/C20H24N4OS/c1-26-20-21-9-17(10-22-20)19(25)24-13-16-7-8-18(24)14-23(12-16)11-15-5-3-2-4-6-15/h2-6,9-10,16,18H,7-8,11-14H2,1H3/t16-,18+/m0/s1. The highest BCUT2D eigenvalue weighted by Gasteiger charge is 2.37. The van der Waals surface area contributed by atoms with Crippen molar-refractivity contribution in [3.8, 4) is 0 Å². The van der Waals surface area contributed by atoms with E-state index in [-0.39, 0.29) is 11.9 Å². The number of rotatable bonds is 4. The third-order valence-corrected chi connectivity index (χ3v) is 5.93.